The zero-order chi connectivity index (χ0) is 11.5. The van der Waals surface area contributed by atoms with Gasteiger partial charge in [0.25, 0.3) is 0 Å². The molecule has 0 aliphatic rings. The van der Waals surface area contributed by atoms with Gasteiger partial charge >= 0.3 is 0 Å². The number of anilines is 1. The van der Waals surface area contributed by atoms with Gasteiger partial charge in [0.05, 0.1) is 23.6 Å². The molecule has 2 rings (SSSR count). The largest absolute Gasteiger partial charge is 0.379 e. The molecule has 16 heavy (non-hydrogen) atoms. The van der Waals surface area contributed by atoms with E-state index in [1.54, 1.807) is 6.33 Å². The second kappa shape index (κ2) is 4.89. The zero-order valence-electron chi connectivity index (χ0n) is 8.74. The van der Waals surface area contributed by atoms with E-state index in [4.69, 9.17) is 11.6 Å². The van der Waals surface area contributed by atoms with Crippen LogP contribution in [0.15, 0.2) is 35.2 Å². The fourth-order valence-corrected chi connectivity index (χ4v) is 1.78. The molecule has 2 aromatic rings. The number of rotatable bonds is 3. The van der Waals surface area contributed by atoms with Crippen molar-refractivity contribution in [2.24, 2.45) is 7.05 Å². The molecule has 0 bridgehead atoms. The Hall–Kier alpha value is -1.000. The van der Waals surface area contributed by atoms with E-state index in [0.29, 0.717) is 5.02 Å². The molecule has 0 saturated heterocycles. The Kier molecular flexibility index (Phi) is 3.51. The van der Waals surface area contributed by atoms with E-state index in [2.05, 4.69) is 26.2 Å². The van der Waals surface area contributed by atoms with Crippen molar-refractivity contribution in [1.82, 2.24) is 9.55 Å². The molecule has 5 heteroatoms. The number of imidazole rings is 1. The zero-order valence-corrected chi connectivity index (χ0v) is 11.1. The molecule has 1 aromatic heterocycles. The third-order valence-electron chi connectivity index (χ3n) is 2.31. The normalized spacial score (nSPS) is 10.4. The minimum atomic E-state index is 0.704. The van der Waals surface area contributed by atoms with Crippen LogP contribution in [0, 0.1) is 0 Å². The van der Waals surface area contributed by atoms with E-state index in [1.807, 2.05) is 36.0 Å². The van der Waals surface area contributed by atoms with Crippen molar-refractivity contribution in [2.45, 2.75) is 6.54 Å². The van der Waals surface area contributed by atoms with Crippen LogP contribution >= 0.6 is 27.5 Å². The van der Waals surface area contributed by atoms with Crippen molar-refractivity contribution in [3.63, 3.8) is 0 Å². The molecule has 0 spiro atoms. The number of nitrogens with one attached hydrogen (secondary N) is 1. The molecule has 0 saturated carbocycles. The Balaban J connectivity index is 2.05. The van der Waals surface area contributed by atoms with Crippen LogP contribution in [0.2, 0.25) is 5.02 Å². The SMILES string of the molecule is Cn1cncc1CNc1ccc(Br)c(Cl)c1. The molecule has 1 N–H and O–H groups in total. The van der Waals surface area contributed by atoms with E-state index < -0.39 is 0 Å². The quantitative estimate of drug-likeness (QED) is 0.941. The minimum absolute atomic E-state index is 0.704. The van der Waals surface area contributed by atoms with Gasteiger partial charge in [-0.2, -0.15) is 0 Å². The number of aryl methyl sites for hydroxylation is 1. The van der Waals surface area contributed by atoms with Crippen LogP contribution in [-0.4, -0.2) is 9.55 Å². The van der Waals surface area contributed by atoms with Gasteiger partial charge in [-0.25, -0.2) is 4.98 Å². The van der Waals surface area contributed by atoms with E-state index in [0.717, 1.165) is 22.4 Å². The van der Waals surface area contributed by atoms with Gasteiger partial charge < -0.3 is 9.88 Å². The standard InChI is InChI=1S/C11H11BrClN3/c1-16-7-14-5-9(16)6-15-8-2-3-10(12)11(13)4-8/h2-5,7,15H,6H2,1H3. The lowest BCUT2D eigenvalue weighted by Crippen LogP contribution is -2.03. The molecule has 3 nitrogen and oxygen atoms in total. The second-order valence-corrected chi connectivity index (χ2v) is 4.74. The molecule has 1 heterocycles. The third-order valence-corrected chi connectivity index (χ3v) is 3.54. The smallest absolute Gasteiger partial charge is 0.0946 e. The van der Waals surface area contributed by atoms with Crippen LogP contribution in [0.5, 0.6) is 0 Å². The molecule has 0 aliphatic heterocycles. The predicted molar refractivity (Wildman–Crippen MR) is 69.7 cm³/mol. The van der Waals surface area contributed by atoms with E-state index in [-0.39, 0.29) is 0 Å². The van der Waals surface area contributed by atoms with Gasteiger partial charge in [0.1, 0.15) is 0 Å². The van der Waals surface area contributed by atoms with Gasteiger partial charge in [-0.05, 0) is 34.1 Å². The lowest BCUT2D eigenvalue weighted by molar-refractivity contribution is 0.837. The third kappa shape index (κ3) is 2.57. The highest BCUT2D eigenvalue weighted by Crippen LogP contribution is 2.25. The molecule has 0 radical (unpaired) electrons. The van der Waals surface area contributed by atoms with Crippen LogP contribution in [0.3, 0.4) is 0 Å². The first-order valence-corrected chi connectivity index (χ1v) is 5.98. The molecular formula is C11H11BrClN3. The van der Waals surface area contributed by atoms with Gasteiger partial charge in [0.15, 0.2) is 0 Å². The van der Waals surface area contributed by atoms with Crippen LogP contribution in [0.4, 0.5) is 5.69 Å². The highest BCUT2D eigenvalue weighted by molar-refractivity contribution is 9.10. The van der Waals surface area contributed by atoms with Gasteiger partial charge in [0, 0.05) is 23.4 Å². The van der Waals surface area contributed by atoms with Crippen molar-refractivity contribution in [2.75, 3.05) is 5.32 Å². The first-order valence-electron chi connectivity index (χ1n) is 4.81. The van der Waals surface area contributed by atoms with E-state index >= 15 is 0 Å². The average molecular weight is 301 g/mol. The highest BCUT2D eigenvalue weighted by atomic mass is 79.9. The van der Waals surface area contributed by atoms with Crippen molar-refractivity contribution in [1.29, 1.82) is 0 Å². The maximum absolute atomic E-state index is 6.00. The van der Waals surface area contributed by atoms with Gasteiger partial charge in [0.2, 0.25) is 0 Å². The molecule has 0 unspecified atom stereocenters. The Morgan fingerprint density at radius 1 is 1.50 bits per heavy atom. The first kappa shape index (κ1) is 11.5. The van der Waals surface area contributed by atoms with Crippen LogP contribution in [0.1, 0.15) is 5.69 Å². The summed E-state index contributed by atoms with van der Waals surface area (Å²) in [6.07, 6.45) is 3.62. The fraction of sp³-hybridized carbons (Fsp3) is 0.182. The van der Waals surface area contributed by atoms with Crippen LogP contribution in [-0.2, 0) is 13.6 Å². The van der Waals surface area contributed by atoms with E-state index in [9.17, 15) is 0 Å². The molecule has 0 amide bonds. The maximum atomic E-state index is 6.00. The molecule has 1 aromatic carbocycles. The summed E-state index contributed by atoms with van der Waals surface area (Å²) in [5.41, 5.74) is 2.12. The molecule has 0 fully saturated rings. The van der Waals surface area contributed by atoms with Crippen molar-refractivity contribution < 1.29 is 0 Å². The number of hydrogen-bond donors (Lipinski definition) is 1. The molecule has 84 valence electrons. The molecule has 0 aliphatic carbocycles. The maximum Gasteiger partial charge on any atom is 0.0946 e. The Labute approximate surface area is 108 Å². The Morgan fingerprint density at radius 3 is 2.94 bits per heavy atom. The van der Waals surface area contributed by atoms with Crippen molar-refractivity contribution in [3.8, 4) is 0 Å². The average Bonchev–Trinajstić information content (AvgIpc) is 2.66. The summed E-state index contributed by atoms with van der Waals surface area (Å²) in [7, 11) is 1.97. The summed E-state index contributed by atoms with van der Waals surface area (Å²) < 4.78 is 2.88. The van der Waals surface area contributed by atoms with Crippen molar-refractivity contribution >= 4 is 33.2 Å². The second-order valence-electron chi connectivity index (χ2n) is 3.48. The summed E-state index contributed by atoms with van der Waals surface area (Å²) in [5, 5.41) is 3.99. The van der Waals surface area contributed by atoms with E-state index in [1.165, 1.54) is 0 Å². The summed E-state index contributed by atoms with van der Waals surface area (Å²) in [5.74, 6) is 0. The summed E-state index contributed by atoms with van der Waals surface area (Å²) in [6.45, 7) is 0.731. The van der Waals surface area contributed by atoms with Gasteiger partial charge in [-0.1, -0.05) is 11.6 Å². The lowest BCUT2D eigenvalue weighted by atomic mass is 10.3. The summed E-state index contributed by atoms with van der Waals surface area (Å²) in [6, 6.07) is 5.79. The Morgan fingerprint density at radius 2 is 2.31 bits per heavy atom. The highest BCUT2D eigenvalue weighted by Gasteiger charge is 2.00. The molecular weight excluding hydrogens is 289 g/mol. The molecule has 0 atom stereocenters. The van der Waals surface area contributed by atoms with Gasteiger partial charge in [-0.3, -0.25) is 0 Å². The summed E-state index contributed by atoms with van der Waals surface area (Å²) >= 11 is 9.36. The predicted octanol–water partition coefficient (Wildman–Crippen LogP) is 3.45. The van der Waals surface area contributed by atoms with Crippen LogP contribution < -0.4 is 5.32 Å². The first-order chi connectivity index (χ1) is 7.66. The number of halogens is 2. The monoisotopic (exact) mass is 299 g/mol. The lowest BCUT2D eigenvalue weighted by Gasteiger charge is -2.07. The van der Waals surface area contributed by atoms with Gasteiger partial charge in [-0.15, -0.1) is 0 Å². The number of hydrogen-bond acceptors (Lipinski definition) is 2. The fourth-order valence-electron chi connectivity index (χ4n) is 1.35. The Bertz CT molecular complexity index is 496. The van der Waals surface area contributed by atoms with Crippen molar-refractivity contribution in [3.05, 3.63) is 45.9 Å². The number of nitrogens with zero attached hydrogens (tertiary/aromatic N) is 2. The topological polar surface area (TPSA) is 29.9 Å². The minimum Gasteiger partial charge on any atom is -0.379 e. The number of aromatic nitrogens is 2. The van der Waals surface area contributed by atoms with Crippen LogP contribution in [0.25, 0.3) is 0 Å². The number of benzene rings is 1. The summed E-state index contributed by atoms with van der Waals surface area (Å²) in [4.78, 5) is 4.06.